The molecule has 0 saturated carbocycles. The number of carbonyl (C=O) groups is 1. The summed E-state index contributed by atoms with van der Waals surface area (Å²) in [4.78, 5) is 11.4. The first-order valence-electron chi connectivity index (χ1n) is 5.91. The Morgan fingerprint density at radius 2 is 1.62 bits per heavy atom. The molecule has 0 heterocycles. The molecular formula is C11H17F6NO3. The summed E-state index contributed by atoms with van der Waals surface area (Å²) < 4.78 is 81.6. The van der Waals surface area contributed by atoms with Crippen molar-refractivity contribution in [1.29, 1.82) is 0 Å². The Hall–Kier alpha value is -1.03. The van der Waals surface area contributed by atoms with Crippen LogP contribution in [0.4, 0.5) is 26.3 Å². The standard InChI is InChI=1S/C11H17F6NO3/c1-9(18-2,8(19)20-3)5-4-6-21-7(10(12,13)14)11(15,16)17/h7,18H,4-6H2,1-3H3. The van der Waals surface area contributed by atoms with Gasteiger partial charge in [0.2, 0.25) is 6.10 Å². The lowest BCUT2D eigenvalue weighted by Gasteiger charge is -2.27. The van der Waals surface area contributed by atoms with Gasteiger partial charge in [0.25, 0.3) is 0 Å². The van der Waals surface area contributed by atoms with E-state index in [0.29, 0.717) is 0 Å². The zero-order valence-corrected chi connectivity index (χ0v) is 11.7. The van der Waals surface area contributed by atoms with Crippen molar-refractivity contribution in [1.82, 2.24) is 5.32 Å². The molecule has 0 radical (unpaired) electrons. The van der Waals surface area contributed by atoms with Crippen molar-refractivity contribution in [2.75, 3.05) is 20.8 Å². The van der Waals surface area contributed by atoms with Crippen molar-refractivity contribution < 1.29 is 40.6 Å². The smallest absolute Gasteiger partial charge is 0.423 e. The van der Waals surface area contributed by atoms with Crippen LogP contribution >= 0.6 is 0 Å². The van der Waals surface area contributed by atoms with E-state index in [1.54, 1.807) is 0 Å². The molecule has 0 amide bonds. The van der Waals surface area contributed by atoms with Gasteiger partial charge in [-0.2, -0.15) is 26.3 Å². The molecule has 0 aromatic carbocycles. The lowest BCUT2D eigenvalue weighted by molar-refractivity contribution is -0.321. The van der Waals surface area contributed by atoms with Gasteiger partial charge in [-0.25, -0.2) is 0 Å². The Morgan fingerprint density at radius 1 is 1.14 bits per heavy atom. The van der Waals surface area contributed by atoms with Crippen molar-refractivity contribution in [3.05, 3.63) is 0 Å². The highest BCUT2D eigenvalue weighted by Crippen LogP contribution is 2.35. The number of halogens is 6. The Bertz CT molecular complexity index is 330. The highest BCUT2D eigenvalue weighted by Gasteiger charge is 2.57. The van der Waals surface area contributed by atoms with Gasteiger partial charge in [-0.1, -0.05) is 0 Å². The van der Waals surface area contributed by atoms with Crippen LogP contribution in [0.2, 0.25) is 0 Å². The van der Waals surface area contributed by atoms with E-state index in [1.165, 1.54) is 14.0 Å². The molecule has 1 N–H and O–H groups in total. The van der Waals surface area contributed by atoms with Gasteiger partial charge in [-0.15, -0.1) is 0 Å². The maximum atomic E-state index is 12.2. The number of carbonyl (C=O) groups excluding carboxylic acids is 1. The summed E-state index contributed by atoms with van der Waals surface area (Å²) in [7, 11) is 2.55. The first-order valence-corrected chi connectivity index (χ1v) is 5.91. The third kappa shape index (κ3) is 6.08. The maximum Gasteiger partial charge on any atom is 0.423 e. The average Bonchev–Trinajstić information content (AvgIpc) is 2.33. The van der Waals surface area contributed by atoms with Crippen molar-refractivity contribution in [2.24, 2.45) is 0 Å². The Morgan fingerprint density at radius 3 is 1.95 bits per heavy atom. The van der Waals surface area contributed by atoms with Crippen LogP contribution in [0.1, 0.15) is 19.8 Å². The molecule has 1 atom stereocenters. The van der Waals surface area contributed by atoms with Crippen LogP contribution in [0.5, 0.6) is 0 Å². The number of esters is 1. The molecule has 0 aliphatic heterocycles. The average molecular weight is 325 g/mol. The summed E-state index contributed by atoms with van der Waals surface area (Å²) >= 11 is 0. The van der Waals surface area contributed by atoms with Gasteiger partial charge in [0, 0.05) is 6.61 Å². The normalized spacial score (nSPS) is 15.9. The van der Waals surface area contributed by atoms with Crippen LogP contribution in [0.25, 0.3) is 0 Å². The predicted octanol–water partition coefficient (Wildman–Crippen LogP) is 2.43. The third-order valence-electron chi connectivity index (χ3n) is 2.89. The zero-order valence-electron chi connectivity index (χ0n) is 11.7. The summed E-state index contributed by atoms with van der Waals surface area (Å²) in [6.45, 7) is 0.627. The van der Waals surface area contributed by atoms with E-state index in [4.69, 9.17) is 0 Å². The van der Waals surface area contributed by atoms with E-state index in [9.17, 15) is 31.1 Å². The van der Waals surface area contributed by atoms with Gasteiger partial charge in [0.15, 0.2) is 0 Å². The molecule has 10 heteroatoms. The van der Waals surface area contributed by atoms with Crippen LogP contribution < -0.4 is 5.32 Å². The largest absolute Gasteiger partial charge is 0.468 e. The van der Waals surface area contributed by atoms with Gasteiger partial charge < -0.3 is 14.8 Å². The van der Waals surface area contributed by atoms with Crippen LogP contribution in [0.15, 0.2) is 0 Å². The molecule has 0 bridgehead atoms. The molecule has 0 aliphatic carbocycles. The molecule has 21 heavy (non-hydrogen) atoms. The second kappa shape index (κ2) is 7.30. The number of ether oxygens (including phenoxy) is 2. The maximum absolute atomic E-state index is 12.2. The van der Waals surface area contributed by atoms with Crippen LogP contribution in [-0.4, -0.2) is 50.7 Å². The molecule has 4 nitrogen and oxygen atoms in total. The molecular weight excluding hydrogens is 308 g/mol. The van der Waals surface area contributed by atoms with E-state index >= 15 is 0 Å². The number of rotatable bonds is 7. The van der Waals surface area contributed by atoms with Crippen LogP contribution in [0.3, 0.4) is 0 Å². The molecule has 0 rings (SSSR count). The highest BCUT2D eigenvalue weighted by atomic mass is 19.4. The second-order valence-corrected chi connectivity index (χ2v) is 4.51. The lowest BCUT2D eigenvalue weighted by atomic mass is 9.96. The summed E-state index contributed by atoms with van der Waals surface area (Å²) in [5.41, 5.74) is -1.20. The summed E-state index contributed by atoms with van der Waals surface area (Å²) in [5.74, 6) is -0.673. The number of likely N-dealkylation sites (N-methyl/N-ethyl adjacent to an activating group) is 1. The van der Waals surface area contributed by atoms with E-state index in [0.717, 1.165) is 7.11 Å². The Balaban J connectivity index is 4.51. The van der Waals surface area contributed by atoms with Crippen LogP contribution in [0, 0.1) is 0 Å². The Labute approximate surface area is 117 Å². The molecule has 0 aromatic heterocycles. The van der Waals surface area contributed by atoms with Crippen molar-refractivity contribution >= 4 is 5.97 Å². The molecule has 0 aromatic rings. The van der Waals surface area contributed by atoms with Crippen molar-refractivity contribution in [3.8, 4) is 0 Å². The zero-order chi connectivity index (χ0) is 16.9. The lowest BCUT2D eigenvalue weighted by Crippen LogP contribution is -2.48. The van der Waals surface area contributed by atoms with Gasteiger partial charge in [0.1, 0.15) is 5.54 Å². The summed E-state index contributed by atoms with van der Waals surface area (Å²) in [6.07, 6.45) is -15.1. The first kappa shape index (κ1) is 20.0. The predicted molar refractivity (Wildman–Crippen MR) is 60.6 cm³/mol. The minimum atomic E-state index is -5.53. The minimum absolute atomic E-state index is 0.0430. The van der Waals surface area contributed by atoms with Gasteiger partial charge in [-0.05, 0) is 26.8 Å². The summed E-state index contributed by atoms with van der Waals surface area (Å²) in [5, 5.41) is 2.60. The number of methoxy groups -OCH3 is 1. The van der Waals surface area contributed by atoms with Gasteiger partial charge in [0.05, 0.1) is 7.11 Å². The van der Waals surface area contributed by atoms with Crippen LogP contribution in [-0.2, 0) is 14.3 Å². The van der Waals surface area contributed by atoms with E-state index in [1.807, 2.05) is 0 Å². The molecule has 1 unspecified atom stereocenters. The fourth-order valence-corrected chi connectivity index (χ4v) is 1.56. The quantitative estimate of drug-likeness (QED) is 0.444. The van der Waals surface area contributed by atoms with Crippen molar-refractivity contribution in [3.63, 3.8) is 0 Å². The fraction of sp³-hybridized carbons (Fsp3) is 0.909. The third-order valence-corrected chi connectivity index (χ3v) is 2.89. The number of hydrogen-bond acceptors (Lipinski definition) is 4. The molecule has 0 saturated heterocycles. The Kier molecular flexibility index (Phi) is 6.94. The van der Waals surface area contributed by atoms with E-state index in [-0.39, 0.29) is 12.8 Å². The SMILES string of the molecule is CNC(C)(CCCOC(C(F)(F)F)C(F)(F)F)C(=O)OC. The highest BCUT2D eigenvalue weighted by molar-refractivity contribution is 5.80. The van der Waals surface area contributed by atoms with Gasteiger partial charge >= 0.3 is 18.3 Å². The molecule has 0 fully saturated rings. The number of hydrogen-bond donors (Lipinski definition) is 1. The summed E-state index contributed by atoms with van der Waals surface area (Å²) in [6, 6.07) is 0. The first-order chi connectivity index (χ1) is 9.38. The number of nitrogens with one attached hydrogen (secondary N) is 1. The monoisotopic (exact) mass is 325 g/mol. The molecule has 0 aliphatic rings. The fourth-order valence-electron chi connectivity index (χ4n) is 1.56. The van der Waals surface area contributed by atoms with E-state index in [2.05, 4.69) is 14.8 Å². The topological polar surface area (TPSA) is 47.6 Å². The van der Waals surface area contributed by atoms with E-state index < -0.39 is 36.6 Å². The number of alkyl halides is 6. The minimum Gasteiger partial charge on any atom is -0.468 e. The molecule has 0 spiro atoms. The van der Waals surface area contributed by atoms with Crippen molar-refractivity contribution in [2.45, 2.75) is 43.8 Å². The molecule has 126 valence electrons. The van der Waals surface area contributed by atoms with Gasteiger partial charge in [-0.3, -0.25) is 4.79 Å². The second-order valence-electron chi connectivity index (χ2n) is 4.51.